The molecule has 0 saturated heterocycles. The Morgan fingerprint density at radius 2 is 1.95 bits per heavy atom. The zero-order valence-corrected chi connectivity index (χ0v) is 12.3. The van der Waals surface area contributed by atoms with Gasteiger partial charge >= 0.3 is 0 Å². The SMILES string of the molecule is CNC(=O)C(C)CN(C)CC(O)c1ccc(Cl)cc1. The number of aliphatic hydroxyl groups excluding tert-OH is 1. The third-order valence-corrected chi connectivity index (χ3v) is 3.27. The van der Waals surface area contributed by atoms with Crippen molar-refractivity contribution in [3.8, 4) is 0 Å². The van der Waals surface area contributed by atoms with Gasteiger partial charge in [-0.3, -0.25) is 4.79 Å². The van der Waals surface area contributed by atoms with E-state index in [1.807, 2.05) is 31.0 Å². The van der Waals surface area contributed by atoms with Crippen LogP contribution in [0.2, 0.25) is 5.02 Å². The fraction of sp³-hybridized carbons (Fsp3) is 0.500. The maximum absolute atomic E-state index is 11.4. The summed E-state index contributed by atoms with van der Waals surface area (Å²) in [6, 6.07) is 7.13. The van der Waals surface area contributed by atoms with Crippen molar-refractivity contribution in [1.29, 1.82) is 0 Å². The van der Waals surface area contributed by atoms with E-state index in [4.69, 9.17) is 11.6 Å². The number of nitrogens with zero attached hydrogens (tertiary/aromatic N) is 1. The van der Waals surface area contributed by atoms with Gasteiger partial charge in [0, 0.05) is 31.1 Å². The summed E-state index contributed by atoms with van der Waals surface area (Å²) in [6.07, 6.45) is -0.584. The van der Waals surface area contributed by atoms with E-state index in [0.29, 0.717) is 18.1 Å². The lowest BCUT2D eigenvalue weighted by atomic mass is 10.1. The molecule has 1 aromatic rings. The van der Waals surface area contributed by atoms with Gasteiger partial charge in [0.05, 0.1) is 6.10 Å². The standard InChI is InChI=1S/C14H21ClN2O2/c1-10(14(19)16-2)8-17(3)9-13(18)11-4-6-12(15)7-5-11/h4-7,10,13,18H,8-9H2,1-3H3,(H,16,19). The highest BCUT2D eigenvalue weighted by atomic mass is 35.5. The Hall–Kier alpha value is -1.10. The van der Waals surface area contributed by atoms with Gasteiger partial charge in [-0.15, -0.1) is 0 Å². The molecule has 106 valence electrons. The van der Waals surface area contributed by atoms with Crippen molar-refractivity contribution in [3.05, 3.63) is 34.9 Å². The first-order valence-electron chi connectivity index (χ1n) is 6.27. The molecular formula is C14H21ClN2O2. The number of hydrogen-bond acceptors (Lipinski definition) is 3. The van der Waals surface area contributed by atoms with E-state index < -0.39 is 6.10 Å². The molecule has 0 aliphatic carbocycles. The van der Waals surface area contributed by atoms with E-state index in [2.05, 4.69) is 5.32 Å². The molecule has 1 rings (SSSR count). The molecule has 19 heavy (non-hydrogen) atoms. The minimum atomic E-state index is -0.584. The highest BCUT2D eigenvalue weighted by Gasteiger charge is 2.16. The average Bonchev–Trinajstić information content (AvgIpc) is 2.38. The van der Waals surface area contributed by atoms with Crippen molar-refractivity contribution in [2.45, 2.75) is 13.0 Å². The van der Waals surface area contributed by atoms with Gasteiger partial charge in [0.1, 0.15) is 0 Å². The maximum Gasteiger partial charge on any atom is 0.223 e. The number of aliphatic hydroxyl groups is 1. The van der Waals surface area contributed by atoms with Gasteiger partial charge in [-0.05, 0) is 24.7 Å². The molecule has 1 amide bonds. The Balaban J connectivity index is 2.49. The first kappa shape index (κ1) is 16.0. The van der Waals surface area contributed by atoms with Crippen LogP contribution in [0.1, 0.15) is 18.6 Å². The second-order valence-corrected chi connectivity index (χ2v) is 5.24. The second kappa shape index (κ2) is 7.48. The third kappa shape index (κ3) is 5.19. The Morgan fingerprint density at radius 3 is 2.47 bits per heavy atom. The minimum absolute atomic E-state index is 0.00725. The molecule has 0 saturated carbocycles. The molecule has 2 N–H and O–H groups in total. The number of carbonyl (C=O) groups is 1. The van der Waals surface area contributed by atoms with Crippen molar-refractivity contribution in [1.82, 2.24) is 10.2 Å². The third-order valence-electron chi connectivity index (χ3n) is 3.02. The highest BCUT2D eigenvalue weighted by molar-refractivity contribution is 6.30. The molecule has 0 aliphatic heterocycles. The maximum atomic E-state index is 11.4. The zero-order chi connectivity index (χ0) is 14.4. The summed E-state index contributed by atoms with van der Waals surface area (Å²) < 4.78 is 0. The molecule has 0 aromatic heterocycles. The minimum Gasteiger partial charge on any atom is -0.387 e. The number of nitrogens with one attached hydrogen (secondary N) is 1. The van der Waals surface area contributed by atoms with Crippen LogP contribution in [0.4, 0.5) is 0 Å². The molecule has 0 fully saturated rings. The molecular weight excluding hydrogens is 264 g/mol. The van der Waals surface area contributed by atoms with Gasteiger partial charge in [0.2, 0.25) is 5.91 Å². The lowest BCUT2D eigenvalue weighted by Gasteiger charge is -2.23. The predicted molar refractivity (Wildman–Crippen MR) is 77.1 cm³/mol. The number of amides is 1. The second-order valence-electron chi connectivity index (χ2n) is 4.80. The topological polar surface area (TPSA) is 52.6 Å². The van der Waals surface area contributed by atoms with Crippen LogP contribution in [-0.2, 0) is 4.79 Å². The normalized spacial score (nSPS) is 14.2. The summed E-state index contributed by atoms with van der Waals surface area (Å²) in [6.45, 7) is 2.94. The van der Waals surface area contributed by atoms with Gasteiger partial charge in [-0.25, -0.2) is 0 Å². The number of likely N-dealkylation sites (N-methyl/N-ethyl adjacent to an activating group) is 1. The van der Waals surface area contributed by atoms with Crippen molar-refractivity contribution in [2.24, 2.45) is 5.92 Å². The number of rotatable bonds is 6. The Bertz CT molecular complexity index is 408. The summed E-state index contributed by atoms with van der Waals surface area (Å²) in [5.74, 6) is -0.0970. The molecule has 0 radical (unpaired) electrons. The Labute approximate surface area is 119 Å². The Morgan fingerprint density at radius 1 is 1.37 bits per heavy atom. The first-order valence-corrected chi connectivity index (χ1v) is 6.65. The molecule has 0 heterocycles. The van der Waals surface area contributed by atoms with Crippen LogP contribution in [0.3, 0.4) is 0 Å². The largest absolute Gasteiger partial charge is 0.387 e. The molecule has 1 aromatic carbocycles. The molecule has 4 nitrogen and oxygen atoms in total. The van der Waals surface area contributed by atoms with Gasteiger partial charge < -0.3 is 15.3 Å². The molecule has 0 spiro atoms. The number of benzene rings is 1. The van der Waals surface area contributed by atoms with Crippen molar-refractivity contribution in [2.75, 3.05) is 27.2 Å². The van der Waals surface area contributed by atoms with Gasteiger partial charge in [-0.1, -0.05) is 30.7 Å². The molecule has 0 bridgehead atoms. The van der Waals surface area contributed by atoms with Crippen molar-refractivity contribution >= 4 is 17.5 Å². The molecule has 2 unspecified atom stereocenters. The number of hydrogen-bond donors (Lipinski definition) is 2. The van der Waals surface area contributed by atoms with Crippen LogP contribution < -0.4 is 5.32 Å². The van der Waals surface area contributed by atoms with Gasteiger partial charge in [0.15, 0.2) is 0 Å². The van der Waals surface area contributed by atoms with E-state index in [0.717, 1.165) is 5.56 Å². The van der Waals surface area contributed by atoms with E-state index in [9.17, 15) is 9.90 Å². The summed E-state index contributed by atoms with van der Waals surface area (Å²) in [5, 5.41) is 13.4. The predicted octanol–water partition coefficient (Wildman–Crippen LogP) is 1.69. The molecule has 2 atom stereocenters. The number of halogens is 1. The molecule has 5 heteroatoms. The quantitative estimate of drug-likeness (QED) is 0.836. The fourth-order valence-corrected chi connectivity index (χ4v) is 2.08. The zero-order valence-electron chi connectivity index (χ0n) is 11.6. The Kier molecular flexibility index (Phi) is 6.28. The van der Waals surface area contributed by atoms with Crippen molar-refractivity contribution in [3.63, 3.8) is 0 Å². The van der Waals surface area contributed by atoms with Crippen LogP contribution in [-0.4, -0.2) is 43.1 Å². The molecule has 0 aliphatic rings. The van der Waals surface area contributed by atoms with E-state index in [1.54, 1.807) is 19.2 Å². The summed E-state index contributed by atoms with van der Waals surface area (Å²) >= 11 is 5.81. The summed E-state index contributed by atoms with van der Waals surface area (Å²) in [7, 11) is 3.51. The van der Waals surface area contributed by atoms with Crippen molar-refractivity contribution < 1.29 is 9.90 Å². The van der Waals surface area contributed by atoms with Crippen LogP contribution in [0, 0.1) is 5.92 Å². The van der Waals surface area contributed by atoms with E-state index in [1.165, 1.54) is 0 Å². The van der Waals surface area contributed by atoms with E-state index in [-0.39, 0.29) is 11.8 Å². The van der Waals surface area contributed by atoms with Gasteiger partial charge in [0.25, 0.3) is 0 Å². The van der Waals surface area contributed by atoms with Crippen LogP contribution in [0.5, 0.6) is 0 Å². The lowest BCUT2D eigenvalue weighted by Crippen LogP contribution is -2.36. The van der Waals surface area contributed by atoms with Crippen LogP contribution in [0.15, 0.2) is 24.3 Å². The highest BCUT2D eigenvalue weighted by Crippen LogP contribution is 2.17. The monoisotopic (exact) mass is 284 g/mol. The van der Waals surface area contributed by atoms with E-state index >= 15 is 0 Å². The van der Waals surface area contributed by atoms with Crippen LogP contribution >= 0.6 is 11.6 Å². The summed E-state index contributed by atoms with van der Waals surface area (Å²) in [5.41, 5.74) is 0.823. The number of carbonyl (C=O) groups excluding carboxylic acids is 1. The first-order chi connectivity index (χ1) is 8.93. The van der Waals surface area contributed by atoms with Gasteiger partial charge in [-0.2, -0.15) is 0 Å². The fourth-order valence-electron chi connectivity index (χ4n) is 1.96. The lowest BCUT2D eigenvalue weighted by molar-refractivity contribution is -0.124. The van der Waals surface area contributed by atoms with Crippen LogP contribution in [0.25, 0.3) is 0 Å². The smallest absolute Gasteiger partial charge is 0.223 e. The average molecular weight is 285 g/mol. The summed E-state index contributed by atoms with van der Waals surface area (Å²) in [4.78, 5) is 13.4.